The Bertz CT molecular complexity index is 280. The lowest BCUT2D eigenvalue weighted by Crippen LogP contribution is -2.42. The molecule has 92 valence electrons. The third-order valence-electron chi connectivity index (χ3n) is 4.53. The normalized spacial score (nSPS) is 47.2. The molecule has 16 heavy (non-hydrogen) atoms. The Morgan fingerprint density at radius 3 is 0.938 bits per heavy atom. The molecule has 0 amide bonds. The number of nitrogens with zero attached hydrogens (tertiary/aromatic N) is 3. The van der Waals surface area contributed by atoms with Crippen molar-refractivity contribution >= 4 is 0 Å². The average Bonchev–Trinajstić information content (AvgIpc) is 2.96. The van der Waals surface area contributed by atoms with Crippen LogP contribution < -0.4 is 0 Å². The second kappa shape index (κ2) is 2.65. The van der Waals surface area contributed by atoms with Crippen molar-refractivity contribution in [2.24, 2.45) is 0 Å². The minimum absolute atomic E-state index is 0.419. The van der Waals surface area contributed by atoms with Gasteiger partial charge in [0.15, 0.2) is 0 Å². The standard InChI is InChI=1S/C13H25N3/c1-11(2)7-14(11)10(15-8-12(15,3)4)16-9-13(16,5)6/h10H,7-9H2,1-6H3. The van der Waals surface area contributed by atoms with Gasteiger partial charge in [-0.25, -0.2) is 0 Å². The van der Waals surface area contributed by atoms with Crippen molar-refractivity contribution in [3.8, 4) is 0 Å². The number of rotatable bonds is 3. The molecule has 3 unspecified atom stereocenters. The first-order valence-corrected chi connectivity index (χ1v) is 6.45. The second-order valence-corrected chi connectivity index (χ2v) is 7.67. The molecule has 0 spiro atoms. The Kier molecular flexibility index (Phi) is 1.82. The summed E-state index contributed by atoms with van der Waals surface area (Å²) in [5.74, 6) is 0. The van der Waals surface area contributed by atoms with E-state index in [2.05, 4.69) is 56.2 Å². The summed E-state index contributed by atoms with van der Waals surface area (Å²) in [5, 5.41) is 0. The summed E-state index contributed by atoms with van der Waals surface area (Å²) in [7, 11) is 0. The van der Waals surface area contributed by atoms with E-state index < -0.39 is 0 Å². The third kappa shape index (κ3) is 1.52. The summed E-state index contributed by atoms with van der Waals surface area (Å²) in [6, 6.07) is 0. The molecule has 3 fully saturated rings. The van der Waals surface area contributed by atoms with Gasteiger partial charge in [0, 0.05) is 36.3 Å². The lowest BCUT2D eigenvalue weighted by Gasteiger charge is -2.28. The number of hydrogen-bond acceptors (Lipinski definition) is 3. The van der Waals surface area contributed by atoms with Crippen molar-refractivity contribution < 1.29 is 0 Å². The molecule has 3 atom stereocenters. The fourth-order valence-corrected chi connectivity index (χ4v) is 2.83. The highest BCUT2D eigenvalue weighted by Gasteiger charge is 2.63. The van der Waals surface area contributed by atoms with Crippen molar-refractivity contribution in [3.05, 3.63) is 0 Å². The van der Waals surface area contributed by atoms with Crippen LogP contribution in [0.2, 0.25) is 0 Å². The van der Waals surface area contributed by atoms with E-state index in [0.717, 1.165) is 0 Å². The molecule has 3 nitrogen and oxygen atoms in total. The minimum Gasteiger partial charge on any atom is -0.267 e. The summed E-state index contributed by atoms with van der Waals surface area (Å²) in [6.07, 6.45) is 0.556. The van der Waals surface area contributed by atoms with Crippen LogP contribution >= 0.6 is 0 Å². The van der Waals surface area contributed by atoms with Gasteiger partial charge in [-0.2, -0.15) is 0 Å². The van der Waals surface area contributed by atoms with E-state index >= 15 is 0 Å². The van der Waals surface area contributed by atoms with Gasteiger partial charge in [0.25, 0.3) is 0 Å². The van der Waals surface area contributed by atoms with Crippen molar-refractivity contribution in [3.63, 3.8) is 0 Å². The molecular formula is C13H25N3. The summed E-state index contributed by atoms with van der Waals surface area (Å²) in [5.41, 5.74) is 1.26. The zero-order chi connectivity index (χ0) is 11.9. The third-order valence-corrected chi connectivity index (χ3v) is 4.53. The first-order chi connectivity index (χ1) is 7.15. The van der Waals surface area contributed by atoms with Crippen molar-refractivity contribution in [2.45, 2.75) is 64.4 Å². The highest BCUT2D eigenvalue weighted by atomic mass is 15.7. The molecule has 0 aromatic heterocycles. The maximum Gasteiger partial charge on any atom is 0.121 e. The van der Waals surface area contributed by atoms with Gasteiger partial charge in [-0.3, -0.25) is 14.7 Å². The van der Waals surface area contributed by atoms with E-state index in [1.807, 2.05) is 0 Å². The molecule has 0 saturated carbocycles. The van der Waals surface area contributed by atoms with Gasteiger partial charge in [-0.15, -0.1) is 0 Å². The minimum atomic E-state index is 0.419. The Hall–Kier alpha value is -0.120. The fourth-order valence-electron chi connectivity index (χ4n) is 2.83. The van der Waals surface area contributed by atoms with Crippen LogP contribution in [0.1, 0.15) is 41.5 Å². The Balaban J connectivity index is 1.76. The van der Waals surface area contributed by atoms with Crippen LogP contribution in [0.25, 0.3) is 0 Å². The molecule has 3 heterocycles. The molecule has 0 aromatic rings. The molecule has 0 aliphatic carbocycles. The summed E-state index contributed by atoms with van der Waals surface area (Å²) < 4.78 is 0. The quantitative estimate of drug-likeness (QED) is 0.672. The topological polar surface area (TPSA) is 9.03 Å². The van der Waals surface area contributed by atoms with Crippen LogP contribution in [0.15, 0.2) is 0 Å². The lowest BCUT2D eigenvalue weighted by atomic mass is 10.2. The first-order valence-electron chi connectivity index (χ1n) is 6.45. The van der Waals surface area contributed by atoms with E-state index in [-0.39, 0.29) is 0 Å². The Morgan fingerprint density at radius 2 is 0.812 bits per heavy atom. The molecule has 3 aliphatic rings. The van der Waals surface area contributed by atoms with Gasteiger partial charge in [-0.1, -0.05) is 0 Å². The molecule has 0 bridgehead atoms. The molecule has 0 N–H and O–H groups in total. The van der Waals surface area contributed by atoms with E-state index in [4.69, 9.17) is 0 Å². The predicted octanol–water partition coefficient (Wildman–Crippen LogP) is 1.55. The monoisotopic (exact) mass is 223 g/mol. The largest absolute Gasteiger partial charge is 0.267 e. The molecule has 0 aromatic carbocycles. The lowest BCUT2D eigenvalue weighted by molar-refractivity contribution is 0.0716. The van der Waals surface area contributed by atoms with Crippen LogP contribution in [0.5, 0.6) is 0 Å². The highest BCUT2D eigenvalue weighted by Crippen LogP contribution is 2.49. The second-order valence-electron chi connectivity index (χ2n) is 7.67. The molecule has 3 heteroatoms. The summed E-state index contributed by atoms with van der Waals surface area (Å²) in [4.78, 5) is 7.91. The van der Waals surface area contributed by atoms with E-state index in [9.17, 15) is 0 Å². The molecule has 3 rings (SSSR count). The zero-order valence-electron chi connectivity index (χ0n) is 11.5. The van der Waals surface area contributed by atoms with Crippen LogP contribution in [0.4, 0.5) is 0 Å². The van der Waals surface area contributed by atoms with Crippen LogP contribution in [-0.4, -0.2) is 57.2 Å². The summed E-state index contributed by atoms with van der Waals surface area (Å²) in [6.45, 7) is 17.9. The van der Waals surface area contributed by atoms with Crippen molar-refractivity contribution in [1.29, 1.82) is 0 Å². The van der Waals surface area contributed by atoms with Crippen LogP contribution in [-0.2, 0) is 0 Å². The van der Waals surface area contributed by atoms with E-state index in [1.165, 1.54) is 19.6 Å². The maximum absolute atomic E-state index is 2.64. The molecule has 0 radical (unpaired) electrons. The van der Waals surface area contributed by atoms with Gasteiger partial charge in [0.05, 0.1) is 0 Å². The van der Waals surface area contributed by atoms with E-state index in [0.29, 0.717) is 22.9 Å². The highest BCUT2D eigenvalue weighted by molar-refractivity contribution is 5.15. The molecule has 3 aliphatic heterocycles. The molecule has 3 saturated heterocycles. The predicted molar refractivity (Wildman–Crippen MR) is 66.1 cm³/mol. The first kappa shape index (κ1) is 11.0. The van der Waals surface area contributed by atoms with E-state index in [1.54, 1.807) is 0 Å². The van der Waals surface area contributed by atoms with Crippen molar-refractivity contribution in [2.75, 3.05) is 19.6 Å². The van der Waals surface area contributed by atoms with Crippen molar-refractivity contribution in [1.82, 2.24) is 14.7 Å². The Labute approximate surface area is 99.4 Å². The Morgan fingerprint density at radius 1 is 0.625 bits per heavy atom. The summed E-state index contributed by atoms with van der Waals surface area (Å²) >= 11 is 0. The van der Waals surface area contributed by atoms with Crippen LogP contribution in [0.3, 0.4) is 0 Å². The van der Waals surface area contributed by atoms with Gasteiger partial charge in [0.2, 0.25) is 0 Å². The fraction of sp³-hybridized carbons (Fsp3) is 1.00. The van der Waals surface area contributed by atoms with Gasteiger partial charge >= 0.3 is 0 Å². The maximum atomic E-state index is 2.64. The van der Waals surface area contributed by atoms with Gasteiger partial charge in [-0.05, 0) is 41.5 Å². The number of hydrogen-bond donors (Lipinski definition) is 0. The average molecular weight is 223 g/mol. The van der Waals surface area contributed by atoms with Gasteiger partial charge < -0.3 is 0 Å². The smallest absolute Gasteiger partial charge is 0.121 e. The SMILES string of the molecule is CC1(C)CN1C(N1CC1(C)C)N1CC1(C)C. The molecular weight excluding hydrogens is 198 g/mol. The van der Waals surface area contributed by atoms with Crippen LogP contribution in [0, 0.1) is 0 Å². The van der Waals surface area contributed by atoms with Gasteiger partial charge in [0.1, 0.15) is 6.29 Å². The zero-order valence-corrected chi connectivity index (χ0v) is 11.5.